The lowest BCUT2D eigenvalue weighted by molar-refractivity contribution is -0.118. The van der Waals surface area contributed by atoms with Crippen LogP contribution in [-0.4, -0.2) is 25.6 Å². The van der Waals surface area contributed by atoms with E-state index < -0.39 is 11.9 Å². The van der Waals surface area contributed by atoms with Gasteiger partial charge < -0.3 is 19.5 Å². The average molecular weight is 481 g/mol. The Morgan fingerprint density at radius 2 is 1.55 bits per heavy atom. The van der Waals surface area contributed by atoms with Gasteiger partial charge in [0, 0.05) is 16.1 Å². The van der Waals surface area contributed by atoms with Crippen LogP contribution in [0.4, 0.5) is 5.69 Å². The minimum atomic E-state index is -0.567. The second kappa shape index (κ2) is 10.4. The van der Waals surface area contributed by atoms with Gasteiger partial charge in [-0.1, -0.05) is 46.9 Å². The Morgan fingerprint density at radius 3 is 2.26 bits per heavy atom. The van der Waals surface area contributed by atoms with Gasteiger partial charge >= 0.3 is 5.97 Å². The van der Waals surface area contributed by atoms with Gasteiger partial charge in [0.05, 0.1) is 23.4 Å². The Kier molecular flexibility index (Phi) is 7.63. The Bertz CT molecular complexity index is 1120. The first kappa shape index (κ1) is 22.7. The monoisotopic (exact) mass is 479 g/mol. The molecule has 0 heterocycles. The van der Waals surface area contributed by atoms with Crippen molar-refractivity contribution in [2.45, 2.75) is 0 Å². The molecule has 0 aromatic heterocycles. The SMILES string of the molecule is COC(=O)c1ccccc1NC(=O)COc1cc(Cl)ccc1Oc1ccc(Cl)cc1Cl. The van der Waals surface area contributed by atoms with E-state index in [1.165, 1.54) is 13.2 Å². The Labute approximate surface area is 193 Å². The fourth-order valence-corrected chi connectivity index (χ4v) is 3.17. The van der Waals surface area contributed by atoms with Gasteiger partial charge in [0.15, 0.2) is 18.1 Å². The number of amides is 1. The van der Waals surface area contributed by atoms with Crippen LogP contribution in [0.5, 0.6) is 17.2 Å². The predicted octanol–water partition coefficient (Wildman–Crippen LogP) is 6.24. The number of carbonyl (C=O) groups is 2. The number of para-hydroxylation sites is 1. The summed E-state index contributed by atoms with van der Waals surface area (Å²) in [5.74, 6) is -0.171. The smallest absolute Gasteiger partial charge is 0.339 e. The number of anilines is 1. The van der Waals surface area contributed by atoms with Gasteiger partial charge in [-0.05, 0) is 42.5 Å². The molecular weight excluding hydrogens is 465 g/mol. The number of ether oxygens (including phenoxy) is 3. The van der Waals surface area contributed by atoms with Gasteiger partial charge in [-0.25, -0.2) is 4.79 Å². The second-order valence-electron chi connectivity index (χ2n) is 6.14. The zero-order valence-corrected chi connectivity index (χ0v) is 18.4. The van der Waals surface area contributed by atoms with Gasteiger partial charge in [0.1, 0.15) is 5.75 Å². The first-order chi connectivity index (χ1) is 14.9. The maximum absolute atomic E-state index is 12.4. The number of methoxy groups -OCH3 is 1. The molecule has 0 bridgehead atoms. The number of rotatable bonds is 7. The highest BCUT2D eigenvalue weighted by atomic mass is 35.5. The molecule has 3 aromatic carbocycles. The van der Waals surface area contributed by atoms with E-state index in [1.807, 2.05) is 0 Å². The van der Waals surface area contributed by atoms with Gasteiger partial charge in [0.25, 0.3) is 5.91 Å². The molecule has 0 spiro atoms. The maximum Gasteiger partial charge on any atom is 0.339 e. The third kappa shape index (κ3) is 6.04. The summed E-state index contributed by atoms with van der Waals surface area (Å²) in [5, 5.41) is 3.79. The number of halogens is 3. The van der Waals surface area contributed by atoms with Crippen LogP contribution in [0, 0.1) is 0 Å². The van der Waals surface area contributed by atoms with Crippen LogP contribution in [0.25, 0.3) is 0 Å². The van der Waals surface area contributed by atoms with E-state index in [4.69, 9.17) is 49.0 Å². The molecule has 1 N–H and O–H groups in total. The van der Waals surface area contributed by atoms with Crippen LogP contribution in [-0.2, 0) is 9.53 Å². The van der Waals surface area contributed by atoms with E-state index in [2.05, 4.69) is 5.32 Å². The van der Waals surface area contributed by atoms with Crippen LogP contribution in [0.15, 0.2) is 60.7 Å². The third-order valence-corrected chi connectivity index (χ3v) is 4.75. The zero-order valence-electron chi connectivity index (χ0n) is 16.2. The lowest BCUT2D eigenvalue weighted by atomic mass is 10.2. The number of benzene rings is 3. The highest BCUT2D eigenvalue weighted by Crippen LogP contribution is 2.37. The Balaban J connectivity index is 1.72. The molecule has 0 fully saturated rings. The van der Waals surface area contributed by atoms with Crippen LogP contribution >= 0.6 is 34.8 Å². The van der Waals surface area contributed by atoms with Gasteiger partial charge in [0.2, 0.25) is 0 Å². The molecule has 0 aliphatic heterocycles. The highest BCUT2D eigenvalue weighted by molar-refractivity contribution is 6.35. The van der Waals surface area contributed by atoms with Crippen LogP contribution in [0.2, 0.25) is 15.1 Å². The van der Waals surface area contributed by atoms with Crippen molar-refractivity contribution < 1.29 is 23.8 Å². The van der Waals surface area contributed by atoms with Crippen molar-refractivity contribution in [1.82, 2.24) is 0 Å². The Hall–Kier alpha value is -2.93. The molecule has 0 unspecified atom stereocenters. The normalized spacial score (nSPS) is 10.3. The minimum absolute atomic E-state index is 0.225. The van der Waals surface area contributed by atoms with E-state index in [-0.39, 0.29) is 17.9 Å². The summed E-state index contributed by atoms with van der Waals surface area (Å²) < 4.78 is 16.1. The molecule has 0 aliphatic rings. The van der Waals surface area contributed by atoms with E-state index in [9.17, 15) is 9.59 Å². The molecule has 0 atom stereocenters. The van der Waals surface area contributed by atoms with Crippen molar-refractivity contribution in [2.24, 2.45) is 0 Å². The van der Waals surface area contributed by atoms with Crippen LogP contribution in [0.3, 0.4) is 0 Å². The summed E-state index contributed by atoms with van der Waals surface area (Å²) in [5.41, 5.74) is 0.529. The molecule has 9 heteroatoms. The molecule has 0 saturated heterocycles. The van der Waals surface area contributed by atoms with Crippen molar-refractivity contribution in [3.05, 3.63) is 81.3 Å². The minimum Gasteiger partial charge on any atom is -0.480 e. The van der Waals surface area contributed by atoms with E-state index in [0.717, 1.165) is 0 Å². The number of carbonyl (C=O) groups excluding carboxylic acids is 2. The molecule has 0 aliphatic carbocycles. The third-order valence-electron chi connectivity index (χ3n) is 3.98. The topological polar surface area (TPSA) is 73.9 Å². The fourth-order valence-electron chi connectivity index (χ4n) is 2.57. The second-order valence-corrected chi connectivity index (χ2v) is 7.42. The average Bonchev–Trinajstić information content (AvgIpc) is 2.75. The Morgan fingerprint density at radius 1 is 0.871 bits per heavy atom. The molecule has 3 rings (SSSR count). The summed E-state index contributed by atoms with van der Waals surface area (Å²) in [7, 11) is 1.26. The number of hydrogen-bond acceptors (Lipinski definition) is 5. The largest absolute Gasteiger partial charge is 0.480 e. The van der Waals surface area contributed by atoms with Crippen LogP contribution in [0.1, 0.15) is 10.4 Å². The lowest BCUT2D eigenvalue weighted by Gasteiger charge is -2.14. The maximum atomic E-state index is 12.4. The molecular formula is C22H16Cl3NO5. The van der Waals surface area contributed by atoms with Gasteiger partial charge in [-0.15, -0.1) is 0 Å². The van der Waals surface area contributed by atoms with E-state index >= 15 is 0 Å². The van der Waals surface area contributed by atoms with Crippen LogP contribution < -0.4 is 14.8 Å². The molecule has 3 aromatic rings. The summed E-state index contributed by atoms with van der Waals surface area (Å²) >= 11 is 18.1. The lowest BCUT2D eigenvalue weighted by Crippen LogP contribution is -2.22. The molecule has 31 heavy (non-hydrogen) atoms. The van der Waals surface area contributed by atoms with Crippen molar-refractivity contribution in [1.29, 1.82) is 0 Å². The highest BCUT2D eigenvalue weighted by Gasteiger charge is 2.15. The molecule has 160 valence electrons. The molecule has 1 amide bonds. The number of esters is 1. The number of nitrogens with one attached hydrogen (secondary N) is 1. The molecule has 0 saturated carbocycles. The zero-order chi connectivity index (χ0) is 22.4. The van der Waals surface area contributed by atoms with Crippen molar-refractivity contribution >= 4 is 52.4 Å². The summed E-state index contributed by atoms with van der Waals surface area (Å²) in [6.45, 7) is -0.361. The summed E-state index contributed by atoms with van der Waals surface area (Å²) in [6, 6.07) is 16.0. The first-order valence-electron chi connectivity index (χ1n) is 8.90. The van der Waals surface area contributed by atoms with Gasteiger partial charge in [-0.2, -0.15) is 0 Å². The van der Waals surface area contributed by atoms with Gasteiger partial charge in [-0.3, -0.25) is 4.79 Å². The fraction of sp³-hybridized carbons (Fsp3) is 0.0909. The molecule has 6 nitrogen and oxygen atoms in total. The number of hydrogen-bond donors (Lipinski definition) is 1. The van der Waals surface area contributed by atoms with Crippen molar-refractivity contribution in [2.75, 3.05) is 19.0 Å². The summed E-state index contributed by atoms with van der Waals surface area (Å²) in [6.07, 6.45) is 0. The van der Waals surface area contributed by atoms with Crippen molar-refractivity contribution in [3.63, 3.8) is 0 Å². The standard InChI is InChI=1S/C22H16Cl3NO5/c1-29-22(28)15-4-2-3-5-17(15)26-21(27)12-30-20-11-14(24)7-9-19(20)31-18-8-6-13(23)10-16(18)25/h2-11H,12H2,1H3,(H,26,27). The van der Waals surface area contributed by atoms with Crippen molar-refractivity contribution in [3.8, 4) is 17.2 Å². The predicted molar refractivity (Wildman–Crippen MR) is 120 cm³/mol. The quantitative estimate of drug-likeness (QED) is 0.405. The van der Waals surface area contributed by atoms with E-state index in [1.54, 1.807) is 54.6 Å². The first-order valence-corrected chi connectivity index (χ1v) is 10.0. The summed E-state index contributed by atoms with van der Waals surface area (Å²) in [4.78, 5) is 24.2. The van der Waals surface area contributed by atoms with E-state index in [0.29, 0.717) is 32.3 Å². The molecule has 0 radical (unpaired) electrons.